The predicted octanol–water partition coefficient (Wildman–Crippen LogP) is 2.38. The zero-order chi connectivity index (χ0) is 20.8. The van der Waals surface area contributed by atoms with Crippen LogP contribution in [0.15, 0.2) is 12.1 Å². The van der Waals surface area contributed by atoms with Gasteiger partial charge in [-0.1, -0.05) is 23.8 Å². The smallest absolute Gasteiger partial charge is 0.241 e. The molecule has 2 aliphatic rings. The standard InChI is InChI=1S/C20H28N4O3S2/c1-14-12-15(2)18-16(13-14)21-20(28-18)23-10-8-22(9-11-23)19(25)17-6-4-5-7-24(17)29(3,26)27/h12-13,17H,4-11H2,1-3H3. The second kappa shape index (κ2) is 7.85. The minimum absolute atomic E-state index is 0.0504. The van der Waals surface area contributed by atoms with Gasteiger partial charge in [0.1, 0.15) is 6.04 Å². The molecule has 1 atom stereocenters. The predicted molar refractivity (Wildman–Crippen MR) is 117 cm³/mol. The molecule has 7 nitrogen and oxygen atoms in total. The van der Waals surface area contributed by atoms with Gasteiger partial charge in [0.25, 0.3) is 0 Å². The summed E-state index contributed by atoms with van der Waals surface area (Å²) in [5, 5.41) is 0.997. The van der Waals surface area contributed by atoms with Crippen LogP contribution < -0.4 is 4.90 Å². The Hall–Kier alpha value is -1.71. The highest BCUT2D eigenvalue weighted by atomic mass is 32.2. The van der Waals surface area contributed by atoms with E-state index in [1.807, 2.05) is 4.90 Å². The van der Waals surface area contributed by atoms with E-state index in [4.69, 9.17) is 4.98 Å². The molecule has 1 aromatic carbocycles. The van der Waals surface area contributed by atoms with E-state index in [0.717, 1.165) is 36.6 Å². The minimum Gasteiger partial charge on any atom is -0.345 e. The van der Waals surface area contributed by atoms with E-state index >= 15 is 0 Å². The fraction of sp³-hybridized carbons (Fsp3) is 0.600. The number of amides is 1. The molecular weight excluding hydrogens is 408 g/mol. The van der Waals surface area contributed by atoms with Gasteiger partial charge in [-0.25, -0.2) is 13.4 Å². The van der Waals surface area contributed by atoms with Gasteiger partial charge >= 0.3 is 0 Å². The average molecular weight is 437 g/mol. The molecule has 1 aromatic heterocycles. The number of carbonyl (C=O) groups excluding carboxylic acids is 1. The molecule has 0 radical (unpaired) electrons. The largest absolute Gasteiger partial charge is 0.345 e. The third-order valence-electron chi connectivity index (χ3n) is 5.84. The van der Waals surface area contributed by atoms with Crippen molar-refractivity contribution in [1.82, 2.24) is 14.2 Å². The molecule has 2 aliphatic heterocycles. The van der Waals surface area contributed by atoms with Crippen LogP contribution in [0, 0.1) is 13.8 Å². The van der Waals surface area contributed by atoms with E-state index in [-0.39, 0.29) is 5.91 Å². The van der Waals surface area contributed by atoms with Crippen molar-refractivity contribution in [1.29, 1.82) is 0 Å². The Morgan fingerprint density at radius 1 is 1.10 bits per heavy atom. The topological polar surface area (TPSA) is 73.8 Å². The van der Waals surface area contributed by atoms with Gasteiger partial charge in [0, 0.05) is 32.7 Å². The number of rotatable bonds is 3. The van der Waals surface area contributed by atoms with E-state index in [9.17, 15) is 13.2 Å². The van der Waals surface area contributed by atoms with Crippen LogP contribution in [0.4, 0.5) is 5.13 Å². The van der Waals surface area contributed by atoms with Crippen LogP contribution >= 0.6 is 11.3 Å². The number of benzene rings is 1. The highest BCUT2D eigenvalue weighted by Gasteiger charge is 2.37. The number of piperidine rings is 1. The molecular formula is C20H28N4O3S2. The van der Waals surface area contributed by atoms with Crippen molar-refractivity contribution < 1.29 is 13.2 Å². The molecule has 0 bridgehead atoms. The van der Waals surface area contributed by atoms with Gasteiger partial charge in [0.05, 0.1) is 16.5 Å². The molecule has 0 saturated carbocycles. The molecule has 1 amide bonds. The summed E-state index contributed by atoms with van der Waals surface area (Å²) in [5.41, 5.74) is 3.49. The average Bonchev–Trinajstić information content (AvgIpc) is 3.11. The molecule has 0 spiro atoms. The molecule has 2 saturated heterocycles. The van der Waals surface area contributed by atoms with Gasteiger partial charge in [-0.2, -0.15) is 4.31 Å². The first-order chi connectivity index (χ1) is 13.7. The molecule has 4 rings (SSSR count). The van der Waals surface area contributed by atoms with Crippen LogP contribution in [0.2, 0.25) is 0 Å². The van der Waals surface area contributed by atoms with E-state index < -0.39 is 16.1 Å². The molecule has 2 fully saturated rings. The number of piperazine rings is 1. The molecule has 158 valence electrons. The van der Waals surface area contributed by atoms with Crippen molar-refractivity contribution in [2.75, 3.05) is 43.9 Å². The number of thiazole rings is 1. The van der Waals surface area contributed by atoms with Crippen LogP contribution in [0.1, 0.15) is 30.4 Å². The lowest BCUT2D eigenvalue weighted by molar-refractivity contribution is -0.136. The van der Waals surface area contributed by atoms with Gasteiger partial charge in [-0.15, -0.1) is 0 Å². The summed E-state index contributed by atoms with van der Waals surface area (Å²) in [7, 11) is -3.37. The van der Waals surface area contributed by atoms with Gasteiger partial charge in [0.2, 0.25) is 15.9 Å². The molecule has 3 heterocycles. The second-order valence-corrected chi connectivity index (χ2v) is 11.0. The molecule has 9 heteroatoms. The zero-order valence-electron chi connectivity index (χ0n) is 17.2. The van der Waals surface area contributed by atoms with Crippen LogP contribution in [-0.2, 0) is 14.8 Å². The Balaban J connectivity index is 1.45. The van der Waals surface area contributed by atoms with E-state index in [1.165, 1.54) is 26.4 Å². The maximum atomic E-state index is 13.1. The number of hydrogen-bond acceptors (Lipinski definition) is 6. The highest BCUT2D eigenvalue weighted by Crippen LogP contribution is 2.32. The molecule has 0 aliphatic carbocycles. The summed E-state index contributed by atoms with van der Waals surface area (Å²) in [6.07, 6.45) is 3.53. The normalized spacial score (nSPS) is 21.7. The summed E-state index contributed by atoms with van der Waals surface area (Å²) in [4.78, 5) is 21.9. The molecule has 0 N–H and O–H groups in total. The Bertz CT molecular complexity index is 1030. The zero-order valence-corrected chi connectivity index (χ0v) is 18.9. The van der Waals surface area contributed by atoms with Crippen LogP contribution in [0.3, 0.4) is 0 Å². The summed E-state index contributed by atoms with van der Waals surface area (Å²) >= 11 is 1.70. The fourth-order valence-corrected chi connectivity index (χ4v) is 6.56. The number of hydrogen-bond donors (Lipinski definition) is 0. The van der Waals surface area contributed by atoms with Crippen molar-refractivity contribution in [2.45, 2.75) is 39.2 Å². The first kappa shape index (κ1) is 20.6. The number of fused-ring (bicyclic) bond motifs is 1. The van der Waals surface area contributed by atoms with Crippen LogP contribution in [-0.4, -0.2) is 73.5 Å². The van der Waals surface area contributed by atoms with E-state index in [0.29, 0.717) is 26.1 Å². The molecule has 29 heavy (non-hydrogen) atoms. The highest BCUT2D eigenvalue weighted by molar-refractivity contribution is 7.88. The maximum absolute atomic E-state index is 13.1. The Labute approximate surface area is 176 Å². The minimum atomic E-state index is -3.37. The van der Waals surface area contributed by atoms with Gasteiger partial charge in [-0.05, 0) is 43.9 Å². The van der Waals surface area contributed by atoms with Crippen molar-refractivity contribution in [2.24, 2.45) is 0 Å². The summed E-state index contributed by atoms with van der Waals surface area (Å²) in [5.74, 6) is -0.0504. The SMILES string of the molecule is Cc1cc(C)c2sc(N3CCN(C(=O)C4CCCCN4S(C)(=O)=O)CC3)nc2c1. The second-order valence-electron chi connectivity index (χ2n) is 8.12. The van der Waals surface area contributed by atoms with Crippen molar-refractivity contribution >= 4 is 42.6 Å². The number of aromatic nitrogens is 1. The van der Waals surface area contributed by atoms with Crippen LogP contribution in [0.25, 0.3) is 10.2 Å². The summed E-state index contributed by atoms with van der Waals surface area (Å²) in [6.45, 7) is 7.28. The number of aryl methyl sites for hydroxylation is 2. The van der Waals surface area contributed by atoms with Crippen LogP contribution in [0.5, 0.6) is 0 Å². The maximum Gasteiger partial charge on any atom is 0.241 e. The first-order valence-corrected chi connectivity index (χ1v) is 12.8. The third kappa shape index (κ3) is 4.13. The number of sulfonamides is 1. The van der Waals surface area contributed by atoms with Crippen molar-refractivity contribution in [3.63, 3.8) is 0 Å². The van der Waals surface area contributed by atoms with Gasteiger partial charge in [-0.3, -0.25) is 4.79 Å². The van der Waals surface area contributed by atoms with Gasteiger partial charge in [0.15, 0.2) is 5.13 Å². The quantitative estimate of drug-likeness (QED) is 0.739. The Morgan fingerprint density at radius 3 is 2.52 bits per heavy atom. The molecule has 2 aromatic rings. The van der Waals surface area contributed by atoms with Crippen molar-refractivity contribution in [3.05, 3.63) is 23.3 Å². The number of anilines is 1. The fourth-order valence-electron chi connectivity index (χ4n) is 4.38. The third-order valence-corrected chi connectivity index (χ3v) is 8.39. The lowest BCUT2D eigenvalue weighted by atomic mass is 10.0. The summed E-state index contributed by atoms with van der Waals surface area (Å²) < 4.78 is 26.8. The lowest BCUT2D eigenvalue weighted by Gasteiger charge is -2.39. The number of nitrogens with zero attached hydrogens (tertiary/aromatic N) is 4. The lowest BCUT2D eigenvalue weighted by Crippen LogP contribution is -2.57. The number of carbonyl (C=O) groups is 1. The monoisotopic (exact) mass is 436 g/mol. The summed E-state index contributed by atoms with van der Waals surface area (Å²) in [6, 6.07) is 3.75. The van der Waals surface area contributed by atoms with E-state index in [1.54, 1.807) is 11.3 Å². The first-order valence-electron chi connectivity index (χ1n) is 10.1. The Morgan fingerprint density at radius 2 is 1.83 bits per heavy atom. The van der Waals surface area contributed by atoms with Gasteiger partial charge < -0.3 is 9.80 Å². The Kier molecular flexibility index (Phi) is 5.56. The van der Waals surface area contributed by atoms with E-state index in [2.05, 4.69) is 30.9 Å². The van der Waals surface area contributed by atoms with Crippen molar-refractivity contribution in [3.8, 4) is 0 Å². The molecule has 1 unspecified atom stereocenters.